The molecule has 124 valence electrons. The number of aliphatic imine (C=N–C) groups is 1. The molecule has 2 aromatic carbocycles. The third kappa shape index (κ3) is 3.25. The van der Waals surface area contributed by atoms with Crippen LogP contribution in [0.3, 0.4) is 0 Å². The van der Waals surface area contributed by atoms with Crippen molar-refractivity contribution in [3.8, 4) is 11.5 Å². The predicted molar refractivity (Wildman–Crippen MR) is 94.4 cm³/mol. The summed E-state index contributed by atoms with van der Waals surface area (Å²) in [5.74, 6) is 1.36. The first-order chi connectivity index (χ1) is 11.7. The highest BCUT2D eigenvalue weighted by Gasteiger charge is 2.21. The topological polar surface area (TPSA) is 59.9 Å². The van der Waals surface area contributed by atoms with Crippen LogP contribution in [0.15, 0.2) is 47.5 Å². The van der Waals surface area contributed by atoms with Crippen LogP contribution >= 0.6 is 0 Å². The summed E-state index contributed by atoms with van der Waals surface area (Å²) in [6.45, 7) is 5.10. The Balaban J connectivity index is 2.14. The highest BCUT2D eigenvalue weighted by Crippen LogP contribution is 2.30. The maximum atomic E-state index is 12.0. The van der Waals surface area contributed by atoms with Crippen LogP contribution in [0.5, 0.6) is 11.5 Å². The van der Waals surface area contributed by atoms with Crippen molar-refractivity contribution in [3.63, 3.8) is 0 Å². The van der Waals surface area contributed by atoms with Crippen LogP contribution < -0.4 is 14.8 Å². The third-order valence-electron chi connectivity index (χ3n) is 3.65. The molecular weight excluding hydrogens is 304 g/mol. The number of nitrogens with zero attached hydrogens (tertiary/aromatic N) is 1. The lowest BCUT2D eigenvalue weighted by atomic mass is 9.99. The molecule has 1 amide bonds. The van der Waals surface area contributed by atoms with Gasteiger partial charge in [0.25, 0.3) is 0 Å². The van der Waals surface area contributed by atoms with Gasteiger partial charge >= 0.3 is 0 Å². The normalized spacial score (nSPS) is 13.4. The minimum Gasteiger partial charge on any atom is -0.494 e. The number of benzodiazepines with no additional fused rings is 1. The molecule has 1 aliphatic rings. The molecule has 2 aromatic rings. The van der Waals surface area contributed by atoms with Gasteiger partial charge in [0.2, 0.25) is 5.91 Å². The van der Waals surface area contributed by atoms with Crippen LogP contribution in [0.25, 0.3) is 0 Å². The van der Waals surface area contributed by atoms with Crippen molar-refractivity contribution >= 4 is 17.3 Å². The Bertz CT molecular complexity index is 784. The molecule has 1 N–H and O–H groups in total. The molecule has 5 heteroatoms. The van der Waals surface area contributed by atoms with Crippen molar-refractivity contribution in [2.45, 2.75) is 13.8 Å². The summed E-state index contributed by atoms with van der Waals surface area (Å²) in [4.78, 5) is 16.5. The number of para-hydroxylation sites is 1. The van der Waals surface area contributed by atoms with Gasteiger partial charge in [-0.05, 0) is 44.2 Å². The van der Waals surface area contributed by atoms with Gasteiger partial charge in [-0.15, -0.1) is 0 Å². The number of carbonyl (C=O) groups is 1. The second-order valence-corrected chi connectivity index (χ2v) is 5.28. The quantitative estimate of drug-likeness (QED) is 0.918. The average Bonchev–Trinajstić information content (AvgIpc) is 2.74. The number of ether oxygens (including phenoxy) is 2. The summed E-state index contributed by atoms with van der Waals surface area (Å²) >= 11 is 0. The predicted octanol–water partition coefficient (Wildman–Crippen LogP) is 3.27. The summed E-state index contributed by atoms with van der Waals surface area (Å²) < 4.78 is 11.3. The maximum absolute atomic E-state index is 12.0. The lowest BCUT2D eigenvalue weighted by Gasteiger charge is -2.15. The van der Waals surface area contributed by atoms with Gasteiger partial charge in [0.05, 0.1) is 24.6 Å². The fraction of sp³-hybridized carbons (Fsp3) is 0.263. The molecule has 1 aliphatic heterocycles. The second-order valence-electron chi connectivity index (χ2n) is 5.28. The van der Waals surface area contributed by atoms with Gasteiger partial charge in [0.1, 0.15) is 18.0 Å². The van der Waals surface area contributed by atoms with Crippen molar-refractivity contribution in [3.05, 3.63) is 53.6 Å². The number of nitrogens with one attached hydrogen (secondary N) is 1. The van der Waals surface area contributed by atoms with E-state index >= 15 is 0 Å². The van der Waals surface area contributed by atoms with Crippen LogP contribution in [-0.4, -0.2) is 31.4 Å². The van der Waals surface area contributed by atoms with Crippen LogP contribution in [0.2, 0.25) is 0 Å². The minimum absolute atomic E-state index is 0.0778. The summed E-state index contributed by atoms with van der Waals surface area (Å²) in [6.07, 6.45) is 0. The van der Waals surface area contributed by atoms with Gasteiger partial charge in [0.15, 0.2) is 0 Å². The number of amides is 1. The highest BCUT2D eigenvalue weighted by atomic mass is 16.5. The van der Waals surface area contributed by atoms with Crippen LogP contribution in [0.1, 0.15) is 25.0 Å². The monoisotopic (exact) mass is 324 g/mol. The molecule has 3 rings (SSSR count). The second kappa shape index (κ2) is 7.17. The van der Waals surface area contributed by atoms with Gasteiger partial charge in [0, 0.05) is 11.1 Å². The van der Waals surface area contributed by atoms with Gasteiger partial charge < -0.3 is 14.8 Å². The number of rotatable bonds is 5. The number of hydrogen-bond acceptors (Lipinski definition) is 4. The van der Waals surface area contributed by atoms with Crippen LogP contribution in [-0.2, 0) is 4.79 Å². The number of fused-ring (bicyclic) bond motifs is 1. The molecule has 0 unspecified atom stereocenters. The number of hydrogen-bond donors (Lipinski definition) is 1. The van der Waals surface area contributed by atoms with Gasteiger partial charge in [-0.2, -0.15) is 0 Å². The Morgan fingerprint density at radius 3 is 2.62 bits per heavy atom. The third-order valence-corrected chi connectivity index (χ3v) is 3.65. The van der Waals surface area contributed by atoms with E-state index in [1.54, 1.807) is 0 Å². The Morgan fingerprint density at radius 1 is 1.04 bits per heavy atom. The molecule has 1 heterocycles. The molecule has 0 radical (unpaired) electrons. The number of benzene rings is 2. The van der Waals surface area contributed by atoms with E-state index in [4.69, 9.17) is 9.47 Å². The highest BCUT2D eigenvalue weighted by molar-refractivity contribution is 6.20. The van der Waals surface area contributed by atoms with Crippen molar-refractivity contribution in [1.82, 2.24) is 0 Å². The molecule has 24 heavy (non-hydrogen) atoms. The standard InChI is InChI=1S/C19H20N2O3/c1-3-23-13-9-10-16-15(11-13)19(20-12-18(22)21-16)14-7-5-6-8-17(14)24-4-2/h5-11H,3-4,12H2,1-2H3,(H,21,22). The van der Waals surface area contributed by atoms with E-state index in [9.17, 15) is 4.79 Å². The summed E-state index contributed by atoms with van der Waals surface area (Å²) in [6, 6.07) is 13.3. The molecule has 0 saturated carbocycles. The van der Waals surface area contributed by atoms with Crippen molar-refractivity contribution in [1.29, 1.82) is 0 Å². The lowest BCUT2D eigenvalue weighted by Crippen LogP contribution is -2.13. The maximum Gasteiger partial charge on any atom is 0.246 e. The Hall–Kier alpha value is -2.82. The van der Waals surface area contributed by atoms with Gasteiger partial charge in [-0.25, -0.2) is 0 Å². The first kappa shape index (κ1) is 16.1. The zero-order valence-corrected chi connectivity index (χ0v) is 13.8. The van der Waals surface area contributed by atoms with Gasteiger partial charge in [-0.3, -0.25) is 9.79 Å². The van der Waals surface area contributed by atoms with E-state index in [2.05, 4.69) is 10.3 Å². The van der Waals surface area contributed by atoms with E-state index in [1.807, 2.05) is 56.3 Å². The molecule has 0 atom stereocenters. The average molecular weight is 324 g/mol. The zero-order valence-electron chi connectivity index (χ0n) is 13.8. The minimum atomic E-state index is -0.135. The SMILES string of the molecule is CCOc1ccc2c(c1)C(c1ccccc1OCC)=NCC(=O)N2. The molecular formula is C19H20N2O3. The Kier molecular flexibility index (Phi) is 4.79. The molecule has 0 spiro atoms. The van der Waals surface area contributed by atoms with E-state index < -0.39 is 0 Å². The van der Waals surface area contributed by atoms with Crippen molar-refractivity contribution < 1.29 is 14.3 Å². The lowest BCUT2D eigenvalue weighted by molar-refractivity contribution is -0.114. The van der Waals surface area contributed by atoms with E-state index in [1.165, 1.54) is 0 Å². The molecule has 0 aromatic heterocycles. The van der Waals surface area contributed by atoms with E-state index in [0.29, 0.717) is 13.2 Å². The van der Waals surface area contributed by atoms with E-state index in [0.717, 1.165) is 34.0 Å². The molecule has 0 fully saturated rings. The summed E-state index contributed by atoms with van der Waals surface area (Å²) in [5.41, 5.74) is 3.16. The molecule has 5 nitrogen and oxygen atoms in total. The van der Waals surface area contributed by atoms with Gasteiger partial charge in [-0.1, -0.05) is 12.1 Å². The van der Waals surface area contributed by atoms with Crippen LogP contribution in [0.4, 0.5) is 5.69 Å². The zero-order chi connectivity index (χ0) is 16.9. The molecule has 0 bridgehead atoms. The number of carbonyl (C=O) groups excluding carboxylic acids is 1. The molecule has 0 aliphatic carbocycles. The smallest absolute Gasteiger partial charge is 0.246 e. The Labute approximate surface area is 141 Å². The fourth-order valence-corrected chi connectivity index (χ4v) is 2.68. The first-order valence-electron chi connectivity index (χ1n) is 8.06. The fourth-order valence-electron chi connectivity index (χ4n) is 2.68. The van der Waals surface area contributed by atoms with Crippen LogP contribution in [0, 0.1) is 0 Å². The number of anilines is 1. The van der Waals surface area contributed by atoms with E-state index in [-0.39, 0.29) is 12.5 Å². The molecule has 0 saturated heterocycles. The Morgan fingerprint density at radius 2 is 1.83 bits per heavy atom. The summed E-state index contributed by atoms with van der Waals surface area (Å²) in [7, 11) is 0. The largest absolute Gasteiger partial charge is 0.494 e. The van der Waals surface area contributed by atoms with Crippen molar-refractivity contribution in [2.24, 2.45) is 4.99 Å². The van der Waals surface area contributed by atoms with Crippen molar-refractivity contribution in [2.75, 3.05) is 25.1 Å². The summed E-state index contributed by atoms with van der Waals surface area (Å²) in [5, 5.41) is 2.89. The first-order valence-corrected chi connectivity index (χ1v) is 8.06.